The van der Waals surface area contributed by atoms with E-state index in [1.165, 1.54) is 0 Å². The number of furan rings is 1. The van der Waals surface area contributed by atoms with Gasteiger partial charge in [-0.3, -0.25) is 4.79 Å². The minimum Gasteiger partial charge on any atom is -0.461 e. The monoisotopic (exact) mass is 275 g/mol. The molecule has 0 saturated carbocycles. The zero-order valence-corrected chi connectivity index (χ0v) is 11.3. The number of β-amino-alcohol motifs (C(OH)–C–C–N with tert-alkyl or cyclic N) is 1. The molecule has 5 heteroatoms. The van der Waals surface area contributed by atoms with Crippen molar-refractivity contribution in [1.29, 1.82) is 0 Å². The smallest absolute Gasteiger partial charge is 0.253 e. The number of aliphatic hydroxyl groups is 2. The van der Waals surface area contributed by atoms with Gasteiger partial charge in [-0.25, -0.2) is 0 Å². The lowest BCUT2D eigenvalue weighted by Gasteiger charge is -2.20. The van der Waals surface area contributed by atoms with Crippen LogP contribution >= 0.6 is 0 Å². The van der Waals surface area contributed by atoms with Crippen LogP contribution in [0.15, 0.2) is 28.7 Å². The van der Waals surface area contributed by atoms with E-state index < -0.39 is 5.60 Å². The number of likely N-dealkylation sites (tertiary alicyclic amines) is 1. The molecule has 1 aromatic carbocycles. The molecule has 20 heavy (non-hydrogen) atoms. The van der Waals surface area contributed by atoms with E-state index in [1.807, 2.05) is 13.0 Å². The number of aryl methyl sites for hydroxylation is 1. The molecule has 0 aliphatic carbocycles. The molecule has 2 heterocycles. The van der Waals surface area contributed by atoms with Crippen LogP contribution in [0.25, 0.3) is 11.0 Å². The maximum absolute atomic E-state index is 12.4. The molecule has 1 aliphatic rings. The Morgan fingerprint density at radius 2 is 2.25 bits per heavy atom. The zero-order chi connectivity index (χ0) is 14.3. The first-order valence-corrected chi connectivity index (χ1v) is 6.63. The second kappa shape index (κ2) is 4.61. The molecule has 106 valence electrons. The SMILES string of the molecule is Cc1cc2cc(C(=O)N3CCC(O)(CO)C3)ccc2o1. The van der Waals surface area contributed by atoms with Crippen molar-refractivity contribution in [3.8, 4) is 0 Å². The summed E-state index contributed by atoms with van der Waals surface area (Å²) in [5, 5.41) is 20.0. The lowest BCUT2D eigenvalue weighted by Crippen LogP contribution is -2.38. The molecule has 0 bridgehead atoms. The van der Waals surface area contributed by atoms with Crippen LogP contribution in [0.4, 0.5) is 0 Å². The van der Waals surface area contributed by atoms with E-state index in [0.29, 0.717) is 18.5 Å². The van der Waals surface area contributed by atoms with Crippen LogP contribution in [-0.2, 0) is 0 Å². The van der Waals surface area contributed by atoms with Crippen LogP contribution in [0.5, 0.6) is 0 Å². The molecule has 2 aromatic rings. The molecule has 2 N–H and O–H groups in total. The number of hydrogen-bond donors (Lipinski definition) is 2. The van der Waals surface area contributed by atoms with Gasteiger partial charge in [0.1, 0.15) is 16.9 Å². The number of fused-ring (bicyclic) bond motifs is 1. The van der Waals surface area contributed by atoms with E-state index in [4.69, 9.17) is 9.52 Å². The average Bonchev–Trinajstić information content (AvgIpc) is 3.00. The van der Waals surface area contributed by atoms with Gasteiger partial charge in [0.25, 0.3) is 5.91 Å². The average molecular weight is 275 g/mol. The molecule has 1 amide bonds. The van der Waals surface area contributed by atoms with Gasteiger partial charge in [0.05, 0.1) is 13.2 Å². The van der Waals surface area contributed by atoms with Gasteiger partial charge in [0, 0.05) is 17.5 Å². The highest BCUT2D eigenvalue weighted by Gasteiger charge is 2.37. The van der Waals surface area contributed by atoms with Crippen LogP contribution < -0.4 is 0 Å². The van der Waals surface area contributed by atoms with Gasteiger partial charge < -0.3 is 19.5 Å². The van der Waals surface area contributed by atoms with Crippen molar-refractivity contribution in [2.45, 2.75) is 18.9 Å². The zero-order valence-electron chi connectivity index (χ0n) is 11.3. The van der Waals surface area contributed by atoms with Gasteiger partial charge >= 0.3 is 0 Å². The molecule has 5 nitrogen and oxygen atoms in total. The van der Waals surface area contributed by atoms with Crippen molar-refractivity contribution >= 4 is 16.9 Å². The van der Waals surface area contributed by atoms with Gasteiger partial charge in [-0.05, 0) is 37.6 Å². The topological polar surface area (TPSA) is 73.9 Å². The Balaban J connectivity index is 1.85. The third kappa shape index (κ3) is 2.19. The normalized spacial score (nSPS) is 22.6. The summed E-state index contributed by atoms with van der Waals surface area (Å²) in [5.41, 5.74) is 0.166. The molecule has 0 radical (unpaired) electrons. The third-order valence-electron chi connectivity index (χ3n) is 3.80. The third-order valence-corrected chi connectivity index (χ3v) is 3.80. The lowest BCUT2D eigenvalue weighted by atomic mass is 10.1. The van der Waals surface area contributed by atoms with Gasteiger partial charge in [-0.15, -0.1) is 0 Å². The van der Waals surface area contributed by atoms with Crippen LogP contribution in [-0.4, -0.2) is 46.3 Å². The molecular formula is C15H17NO4. The standard InChI is InChI=1S/C15H17NO4/c1-10-6-12-7-11(2-3-13(12)20-10)14(18)16-5-4-15(19,8-16)9-17/h2-3,6-7,17,19H,4-5,8-9H2,1H3. The van der Waals surface area contributed by atoms with Gasteiger partial charge in [0.2, 0.25) is 0 Å². The van der Waals surface area contributed by atoms with Gasteiger partial charge in [0.15, 0.2) is 0 Å². The number of benzene rings is 1. The maximum Gasteiger partial charge on any atom is 0.253 e. The molecule has 1 aromatic heterocycles. The fourth-order valence-corrected chi connectivity index (χ4v) is 2.65. The molecular weight excluding hydrogens is 258 g/mol. The van der Waals surface area contributed by atoms with E-state index in [9.17, 15) is 9.90 Å². The number of carbonyl (C=O) groups is 1. The molecule has 3 rings (SSSR count). The summed E-state index contributed by atoms with van der Waals surface area (Å²) in [5.74, 6) is 0.676. The van der Waals surface area contributed by atoms with Crippen molar-refractivity contribution in [1.82, 2.24) is 4.90 Å². The largest absolute Gasteiger partial charge is 0.461 e. The number of rotatable bonds is 2. The Labute approximate surface area is 116 Å². The first kappa shape index (κ1) is 13.1. The van der Waals surface area contributed by atoms with E-state index >= 15 is 0 Å². The molecule has 1 saturated heterocycles. The van der Waals surface area contributed by atoms with E-state index in [-0.39, 0.29) is 19.1 Å². The molecule has 1 unspecified atom stereocenters. The summed E-state index contributed by atoms with van der Waals surface area (Å²) in [6.45, 7) is 2.17. The Bertz CT molecular complexity index is 663. The van der Waals surface area contributed by atoms with Gasteiger partial charge in [-0.2, -0.15) is 0 Å². The number of hydrogen-bond acceptors (Lipinski definition) is 4. The minimum atomic E-state index is -1.16. The molecule has 1 aliphatic heterocycles. The summed E-state index contributed by atoms with van der Waals surface area (Å²) in [4.78, 5) is 14.0. The van der Waals surface area contributed by atoms with Crippen molar-refractivity contribution in [3.05, 3.63) is 35.6 Å². The van der Waals surface area contributed by atoms with Crippen LogP contribution in [0.2, 0.25) is 0 Å². The highest BCUT2D eigenvalue weighted by molar-refractivity contribution is 5.98. The van der Waals surface area contributed by atoms with Crippen molar-refractivity contribution < 1.29 is 19.4 Å². The van der Waals surface area contributed by atoms with Crippen molar-refractivity contribution in [2.24, 2.45) is 0 Å². The maximum atomic E-state index is 12.4. The highest BCUT2D eigenvalue weighted by Crippen LogP contribution is 2.25. The fourth-order valence-electron chi connectivity index (χ4n) is 2.65. The number of aliphatic hydroxyl groups excluding tert-OH is 1. The molecule has 1 atom stereocenters. The second-order valence-corrected chi connectivity index (χ2v) is 5.47. The summed E-state index contributed by atoms with van der Waals surface area (Å²) >= 11 is 0. The highest BCUT2D eigenvalue weighted by atomic mass is 16.3. The Hall–Kier alpha value is -1.85. The van der Waals surface area contributed by atoms with Crippen LogP contribution in [0, 0.1) is 6.92 Å². The lowest BCUT2D eigenvalue weighted by molar-refractivity contribution is -0.00455. The quantitative estimate of drug-likeness (QED) is 0.866. The number of amides is 1. The van der Waals surface area contributed by atoms with E-state index in [1.54, 1.807) is 23.1 Å². The van der Waals surface area contributed by atoms with E-state index in [2.05, 4.69) is 0 Å². The number of nitrogens with zero attached hydrogens (tertiary/aromatic N) is 1. The van der Waals surface area contributed by atoms with Crippen LogP contribution in [0.3, 0.4) is 0 Å². The van der Waals surface area contributed by atoms with Crippen molar-refractivity contribution in [2.75, 3.05) is 19.7 Å². The van der Waals surface area contributed by atoms with E-state index in [0.717, 1.165) is 16.7 Å². The Morgan fingerprint density at radius 3 is 2.95 bits per heavy atom. The summed E-state index contributed by atoms with van der Waals surface area (Å²) in [7, 11) is 0. The number of carbonyl (C=O) groups excluding carboxylic acids is 1. The Morgan fingerprint density at radius 1 is 1.45 bits per heavy atom. The minimum absolute atomic E-state index is 0.130. The predicted molar refractivity (Wildman–Crippen MR) is 73.5 cm³/mol. The van der Waals surface area contributed by atoms with Crippen LogP contribution in [0.1, 0.15) is 22.5 Å². The second-order valence-electron chi connectivity index (χ2n) is 5.47. The Kier molecular flexibility index (Phi) is 3.03. The summed E-state index contributed by atoms with van der Waals surface area (Å²) in [6.07, 6.45) is 0.405. The first-order valence-electron chi connectivity index (χ1n) is 6.63. The fraction of sp³-hybridized carbons (Fsp3) is 0.400. The molecule has 0 spiro atoms. The summed E-state index contributed by atoms with van der Waals surface area (Å²) in [6, 6.07) is 7.19. The summed E-state index contributed by atoms with van der Waals surface area (Å²) < 4.78 is 5.48. The molecule has 1 fully saturated rings. The first-order chi connectivity index (χ1) is 9.50. The van der Waals surface area contributed by atoms with Crippen molar-refractivity contribution in [3.63, 3.8) is 0 Å². The van der Waals surface area contributed by atoms with Gasteiger partial charge in [-0.1, -0.05) is 0 Å². The predicted octanol–water partition coefficient (Wildman–Crippen LogP) is 1.31.